The van der Waals surface area contributed by atoms with Crippen molar-refractivity contribution in [3.05, 3.63) is 28.3 Å². The van der Waals surface area contributed by atoms with Crippen LogP contribution in [0.3, 0.4) is 0 Å². The molecule has 0 N–H and O–H groups in total. The first-order valence-electron chi connectivity index (χ1n) is 3.07. The van der Waals surface area contributed by atoms with Crippen LogP contribution in [-0.4, -0.2) is 13.4 Å². The first-order valence-corrected chi connectivity index (χ1v) is 4.85. The maximum absolute atomic E-state index is 11.0. The standard InChI is InChI=1S/C6H6ClN2O2S.Na/c1-5-2-3-6(4-8-5)12(10,11)9-7;/h2-4H,1H3;/q-1;+1. The van der Waals surface area contributed by atoms with Crippen molar-refractivity contribution in [2.75, 3.05) is 0 Å². The molecule has 1 aromatic rings. The Morgan fingerprint density at radius 1 is 1.46 bits per heavy atom. The van der Waals surface area contributed by atoms with Crippen LogP contribution >= 0.6 is 11.8 Å². The molecule has 4 nitrogen and oxygen atoms in total. The van der Waals surface area contributed by atoms with Gasteiger partial charge in [-0.25, -0.2) is 8.42 Å². The number of pyridine rings is 1. The van der Waals surface area contributed by atoms with Crippen LogP contribution in [0.5, 0.6) is 0 Å². The summed E-state index contributed by atoms with van der Waals surface area (Å²) in [6, 6.07) is 2.98. The molecule has 0 bridgehead atoms. The van der Waals surface area contributed by atoms with Crippen molar-refractivity contribution in [1.82, 2.24) is 4.98 Å². The summed E-state index contributed by atoms with van der Waals surface area (Å²) in [7, 11) is -3.69. The molecule has 0 aliphatic heterocycles. The Balaban J connectivity index is 0.00000144. The van der Waals surface area contributed by atoms with Crippen LogP contribution < -0.4 is 29.6 Å². The minimum Gasteiger partial charge on any atom is -0.458 e. The Hall–Kier alpha value is 0.350. The van der Waals surface area contributed by atoms with Crippen LogP contribution in [0.4, 0.5) is 0 Å². The van der Waals surface area contributed by atoms with Gasteiger partial charge in [-0.3, -0.25) is 16.8 Å². The molecule has 0 fully saturated rings. The van der Waals surface area contributed by atoms with Gasteiger partial charge in [0.05, 0.1) is 4.90 Å². The average Bonchev–Trinajstić information content (AvgIpc) is 2.05. The summed E-state index contributed by atoms with van der Waals surface area (Å²) in [6.45, 7) is 1.76. The summed E-state index contributed by atoms with van der Waals surface area (Å²) < 4.78 is 24.7. The number of hydrogen-bond donors (Lipinski definition) is 0. The Labute approximate surface area is 104 Å². The fourth-order valence-corrected chi connectivity index (χ4v) is 1.39. The van der Waals surface area contributed by atoms with Gasteiger partial charge in [0.2, 0.25) is 0 Å². The van der Waals surface area contributed by atoms with Gasteiger partial charge in [0.15, 0.2) is 0 Å². The first kappa shape index (κ1) is 13.4. The van der Waals surface area contributed by atoms with Gasteiger partial charge < -0.3 is 4.24 Å². The third-order valence-corrected chi connectivity index (χ3v) is 2.84. The summed E-state index contributed by atoms with van der Waals surface area (Å²) in [5.74, 6) is 0. The van der Waals surface area contributed by atoms with E-state index in [0.717, 1.165) is 5.69 Å². The van der Waals surface area contributed by atoms with Crippen LogP contribution in [0.1, 0.15) is 5.69 Å². The summed E-state index contributed by atoms with van der Waals surface area (Å²) >= 11 is 4.88. The van der Waals surface area contributed by atoms with Crippen molar-refractivity contribution in [2.24, 2.45) is 0 Å². The Morgan fingerprint density at radius 3 is 2.46 bits per heavy atom. The number of halogens is 1. The van der Waals surface area contributed by atoms with E-state index >= 15 is 0 Å². The molecule has 1 aromatic heterocycles. The van der Waals surface area contributed by atoms with Gasteiger partial charge in [0.1, 0.15) is 10.0 Å². The monoisotopic (exact) mass is 228 g/mol. The summed E-state index contributed by atoms with van der Waals surface area (Å²) in [5.41, 5.74) is 0.739. The molecule has 0 atom stereocenters. The Kier molecular flexibility index (Phi) is 5.43. The van der Waals surface area contributed by atoms with E-state index in [2.05, 4.69) is 9.23 Å². The van der Waals surface area contributed by atoms with E-state index < -0.39 is 10.0 Å². The van der Waals surface area contributed by atoms with Crippen molar-refractivity contribution in [1.29, 1.82) is 0 Å². The van der Waals surface area contributed by atoms with Crippen molar-refractivity contribution >= 4 is 21.8 Å². The van der Waals surface area contributed by atoms with Crippen LogP contribution in [0.25, 0.3) is 4.24 Å². The molecule has 0 aliphatic rings. The molecule has 0 unspecified atom stereocenters. The third kappa shape index (κ3) is 3.53. The summed E-state index contributed by atoms with van der Waals surface area (Å²) in [5, 5.41) is 0. The van der Waals surface area contributed by atoms with Crippen LogP contribution in [0, 0.1) is 6.92 Å². The van der Waals surface area contributed by atoms with Crippen molar-refractivity contribution in [3.63, 3.8) is 0 Å². The van der Waals surface area contributed by atoms with Gasteiger partial charge >= 0.3 is 29.6 Å². The molecule has 0 saturated carbocycles. The summed E-state index contributed by atoms with van der Waals surface area (Å²) in [4.78, 5) is 3.80. The van der Waals surface area contributed by atoms with E-state index in [1.807, 2.05) is 0 Å². The molecule has 0 spiro atoms. The fraction of sp³-hybridized carbons (Fsp3) is 0.167. The molecular weight excluding hydrogens is 223 g/mol. The Morgan fingerprint density at radius 2 is 2.08 bits per heavy atom. The molecule has 1 heterocycles. The van der Waals surface area contributed by atoms with E-state index in [1.165, 1.54) is 12.3 Å². The van der Waals surface area contributed by atoms with Gasteiger partial charge in [-0.2, -0.15) is 0 Å². The third-order valence-electron chi connectivity index (χ3n) is 1.27. The molecule has 0 saturated heterocycles. The zero-order valence-electron chi connectivity index (χ0n) is 7.23. The van der Waals surface area contributed by atoms with Crippen molar-refractivity contribution in [2.45, 2.75) is 11.8 Å². The second-order valence-electron chi connectivity index (χ2n) is 2.18. The second kappa shape index (κ2) is 5.29. The number of sulfonamides is 1. The van der Waals surface area contributed by atoms with Gasteiger partial charge in [-0.05, 0) is 19.1 Å². The average molecular weight is 229 g/mol. The zero-order chi connectivity index (χ0) is 9.19. The smallest absolute Gasteiger partial charge is 0.458 e. The zero-order valence-corrected chi connectivity index (χ0v) is 10.8. The fourth-order valence-electron chi connectivity index (χ4n) is 0.647. The molecule has 0 amide bonds. The predicted molar refractivity (Wildman–Crippen MR) is 45.4 cm³/mol. The molecule has 0 aliphatic carbocycles. The number of aryl methyl sites for hydroxylation is 1. The molecule has 66 valence electrons. The van der Waals surface area contributed by atoms with Crippen LogP contribution in [-0.2, 0) is 10.0 Å². The van der Waals surface area contributed by atoms with Crippen molar-refractivity contribution < 1.29 is 38.0 Å². The number of nitrogens with zero attached hydrogens (tertiary/aromatic N) is 2. The molecular formula is C6H6ClN2NaO2S. The molecule has 1 rings (SSSR count). The normalized spacial score (nSPS) is 10.6. The second-order valence-corrected chi connectivity index (χ2v) is 4.15. The van der Waals surface area contributed by atoms with Crippen molar-refractivity contribution in [3.8, 4) is 0 Å². The minimum atomic E-state index is -3.69. The van der Waals surface area contributed by atoms with Gasteiger partial charge in [-0.15, -0.1) is 0 Å². The molecule has 7 heteroatoms. The van der Waals surface area contributed by atoms with E-state index in [4.69, 9.17) is 11.8 Å². The van der Waals surface area contributed by atoms with Crippen LogP contribution in [0.15, 0.2) is 23.2 Å². The van der Waals surface area contributed by atoms with Gasteiger partial charge in [0.25, 0.3) is 0 Å². The molecule has 0 aromatic carbocycles. The van der Waals surface area contributed by atoms with E-state index in [-0.39, 0.29) is 34.5 Å². The predicted octanol–water partition coefficient (Wildman–Crippen LogP) is -1.39. The maximum atomic E-state index is 11.0. The van der Waals surface area contributed by atoms with E-state index in [9.17, 15) is 8.42 Å². The SMILES string of the molecule is Cc1ccc(S(=O)(=O)[N-]Cl)cn1.[Na+]. The summed E-state index contributed by atoms with van der Waals surface area (Å²) in [6.07, 6.45) is 1.22. The van der Waals surface area contributed by atoms with Crippen LogP contribution in [0.2, 0.25) is 0 Å². The number of aromatic nitrogens is 1. The Bertz CT molecular complexity index is 365. The quantitative estimate of drug-likeness (QED) is 0.586. The minimum absolute atomic E-state index is 0. The largest absolute Gasteiger partial charge is 1.00 e. The van der Waals surface area contributed by atoms with Gasteiger partial charge in [-0.1, -0.05) is 0 Å². The number of hydrogen-bond acceptors (Lipinski definition) is 3. The topological polar surface area (TPSA) is 61.1 Å². The molecule has 13 heavy (non-hydrogen) atoms. The van der Waals surface area contributed by atoms with E-state index in [0.29, 0.717) is 0 Å². The van der Waals surface area contributed by atoms with Gasteiger partial charge in [0, 0.05) is 11.9 Å². The molecule has 0 radical (unpaired) electrons. The van der Waals surface area contributed by atoms with E-state index in [1.54, 1.807) is 13.0 Å². The first-order chi connectivity index (χ1) is 5.56. The number of rotatable bonds is 2. The maximum Gasteiger partial charge on any atom is 1.00 e.